The van der Waals surface area contributed by atoms with E-state index >= 15 is 0 Å². The lowest BCUT2D eigenvalue weighted by atomic mass is 10.1. The summed E-state index contributed by atoms with van der Waals surface area (Å²) < 4.78 is 0. The van der Waals surface area contributed by atoms with Crippen LogP contribution in [0.1, 0.15) is 32.6 Å². The molecule has 0 aromatic rings. The van der Waals surface area contributed by atoms with Gasteiger partial charge in [0.25, 0.3) is 0 Å². The van der Waals surface area contributed by atoms with E-state index in [0.717, 1.165) is 0 Å². The number of carboxylic acids is 2. The molecule has 7 nitrogen and oxygen atoms in total. The molecule has 0 spiro atoms. The Balaban J connectivity index is 4.11. The third kappa shape index (κ3) is 7.29. The summed E-state index contributed by atoms with van der Waals surface area (Å²) in [5.41, 5.74) is 5.48. The molecule has 1 amide bonds. The van der Waals surface area contributed by atoms with Crippen LogP contribution in [-0.2, 0) is 14.4 Å². The normalized spacial score (nSPS) is 13.8. The van der Waals surface area contributed by atoms with Crippen molar-refractivity contribution in [3.05, 3.63) is 0 Å². The molecule has 0 saturated heterocycles. The second-order valence-electron chi connectivity index (χ2n) is 3.75. The van der Waals surface area contributed by atoms with E-state index in [-0.39, 0.29) is 19.3 Å². The molecule has 98 valence electrons. The second-order valence-corrected chi connectivity index (χ2v) is 3.75. The Kier molecular flexibility index (Phi) is 6.88. The lowest BCUT2D eigenvalue weighted by Gasteiger charge is -2.17. The van der Waals surface area contributed by atoms with Crippen molar-refractivity contribution in [1.29, 1.82) is 0 Å². The van der Waals surface area contributed by atoms with E-state index in [1.807, 2.05) is 0 Å². The van der Waals surface area contributed by atoms with Gasteiger partial charge in [-0.3, -0.25) is 14.4 Å². The minimum atomic E-state index is -1.02. The Morgan fingerprint density at radius 3 is 2.24 bits per heavy atom. The predicted molar refractivity (Wildman–Crippen MR) is 59.3 cm³/mol. The highest BCUT2D eigenvalue weighted by molar-refractivity contribution is 5.83. The van der Waals surface area contributed by atoms with E-state index in [2.05, 4.69) is 5.32 Å². The molecule has 2 unspecified atom stereocenters. The Labute approximate surface area is 99.0 Å². The summed E-state index contributed by atoms with van der Waals surface area (Å²) in [5, 5.41) is 19.5. The molecule has 0 bridgehead atoms. The van der Waals surface area contributed by atoms with Crippen LogP contribution in [0.15, 0.2) is 0 Å². The first-order valence-electron chi connectivity index (χ1n) is 5.36. The summed E-state index contributed by atoms with van der Waals surface area (Å²) in [6.07, 6.45) is 0.145. The number of carbonyl (C=O) groups excluding carboxylic acids is 1. The lowest BCUT2D eigenvalue weighted by molar-refractivity contribution is -0.138. The van der Waals surface area contributed by atoms with Gasteiger partial charge in [-0.2, -0.15) is 0 Å². The summed E-state index contributed by atoms with van der Waals surface area (Å²) in [6.45, 7) is 1.75. The van der Waals surface area contributed by atoms with Crippen LogP contribution < -0.4 is 11.1 Å². The fraction of sp³-hybridized carbons (Fsp3) is 0.700. The van der Waals surface area contributed by atoms with Gasteiger partial charge in [0.1, 0.15) is 0 Å². The zero-order valence-electron chi connectivity index (χ0n) is 9.68. The van der Waals surface area contributed by atoms with Gasteiger partial charge < -0.3 is 21.3 Å². The molecule has 0 radical (unpaired) electrons. The number of carboxylic acid groups (broad SMARTS) is 2. The van der Waals surface area contributed by atoms with Gasteiger partial charge in [0.2, 0.25) is 5.91 Å². The Morgan fingerprint density at radius 2 is 1.82 bits per heavy atom. The third-order valence-electron chi connectivity index (χ3n) is 2.27. The highest BCUT2D eigenvalue weighted by Crippen LogP contribution is 2.00. The van der Waals surface area contributed by atoms with Crippen molar-refractivity contribution in [2.24, 2.45) is 5.73 Å². The van der Waals surface area contributed by atoms with Crippen molar-refractivity contribution >= 4 is 17.8 Å². The first kappa shape index (κ1) is 15.4. The Hall–Kier alpha value is -1.63. The molecule has 0 aromatic carbocycles. The quantitative estimate of drug-likeness (QED) is 0.459. The average molecular weight is 246 g/mol. The molecule has 0 rings (SSSR count). The number of nitrogens with one attached hydrogen (secondary N) is 1. The van der Waals surface area contributed by atoms with Crippen LogP contribution in [-0.4, -0.2) is 40.1 Å². The highest BCUT2D eigenvalue weighted by atomic mass is 16.4. The fourth-order valence-corrected chi connectivity index (χ4v) is 1.23. The summed E-state index contributed by atoms with van der Waals surface area (Å²) in [7, 11) is 0. The van der Waals surface area contributed by atoms with Crippen molar-refractivity contribution in [3.63, 3.8) is 0 Å². The third-order valence-corrected chi connectivity index (χ3v) is 2.27. The lowest BCUT2D eigenvalue weighted by Crippen LogP contribution is -2.46. The number of aliphatic carboxylic acids is 2. The maximum atomic E-state index is 11.5. The smallest absolute Gasteiger partial charge is 0.305 e. The summed E-state index contributed by atoms with van der Waals surface area (Å²) >= 11 is 0. The molecular formula is C10H18N2O5. The summed E-state index contributed by atoms with van der Waals surface area (Å²) in [4.78, 5) is 32.2. The molecule has 0 aliphatic heterocycles. The zero-order chi connectivity index (χ0) is 13.4. The highest BCUT2D eigenvalue weighted by Gasteiger charge is 2.19. The van der Waals surface area contributed by atoms with Crippen LogP contribution in [0.25, 0.3) is 0 Å². The minimum Gasteiger partial charge on any atom is -0.481 e. The van der Waals surface area contributed by atoms with Crippen molar-refractivity contribution in [2.45, 2.75) is 44.7 Å². The van der Waals surface area contributed by atoms with Gasteiger partial charge in [-0.1, -0.05) is 6.92 Å². The number of carbonyl (C=O) groups is 3. The molecule has 0 heterocycles. The van der Waals surface area contributed by atoms with Gasteiger partial charge in [0, 0.05) is 12.5 Å². The zero-order valence-corrected chi connectivity index (χ0v) is 9.68. The maximum absolute atomic E-state index is 11.5. The fourth-order valence-electron chi connectivity index (χ4n) is 1.23. The number of hydrogen-bond acceptors (Lipinski definition) is 4. The van der Waals surface area contributed by atoms with Crippen molar-refractivity contribution in [2.75, 3.05) is 0 Å². The maximum Gasteiger partial charge on any atom is 0.305 e. The molecule has 5 N–H and O–H groups in total. The van der Waals surface area contributed by atoms with Crippen molar-refractivity contribution in [1.82, 2.24) is 5.32 Å². The van der Waals surface area contributed by atoms with E-state index in [1.165, 1.54) is 0 Å². The largest absolute Gasteiger partial charge is 0.481 e. The molecule has 17 heavy (non-hydrogen) atoms. The molecule has 2 atom stereocenters. The van der Waals surface area contributed by atoms with Crippen LogP contribution in [0, 0.1) is 0 Å². The first-order chi connectivity index (χ1) is 7.86. The molecule has 7 heteroatoms. The van der Waals surface area contributed by atoms with Crippen molar-refractivity contribution in [3.8, 4) is 0 Å². The summed E-state index contributed by atoms with van der Waals surface area (Å²) in [6, 6.07) is -1.40. The molecule has 0 aliphatic rings. The van der Waals surface area contributed by atoms with Gasteiger partial charge in [-0.25, -0.2) is 0 Å². The van der Waals surface area contributed by atoms with Gasteiger partial charge >= 0.3 is 11.9 Å². The first-order valence-corrected chi connectivity index (χ1v) is 5.36. The molecular weight excluding hydrogens is 228 g/mol. The topological polar surface area (TPSA) is 130 Å². The minimum absolute atomic E-state index is 0.0324. The Morgan fingerprint density at radius 1 is 1.24 bits per heavy atom. The van der Waals surface area contributed by atoms with Gasteiger partial charge in [-0.05, 0) is 12.8 Å². The number of amides is 1. The summed E-state index contributed by atoms with van der Waals surface area (Å²) in [5.74, 6) is -2.54. The Bertz CT molecular complexity index is 292. The van der Waals surface area contributed by atoms with Crippen LogP contribution in [0.3, 0.4) is 0 Å². The molecule has 0 aromatic heterocycles. The van der Waals surface area contributed by atoms with Crippen LogP contribution in [0.2, 0.25) is 0 Å². The monoisotopic (exact) mass is 246 g/mol. The second kappa shape index (κ2) is 7.61. The molecule has 0 saturated carbocycles. The van der Waals surface area contributed by atoms with E-state index in [0.29, 0.717) is 6.42 Å². The van der Waals surface area contributed by atoms with E-state index in [9.17, 15) is 14.4 Å². The standard InChI is InChI=1S/C10H18N2O5/c1-2-6(5-9(15)16)12-10(17)7(11)3-4-8(13)14/h6-7H,2-5,11H2,1H3,(H,12,17)(H,13,14)(H,15,16). The van der Waals surface area contributed by atoms with Crippen LogP contribution in [0.4, 0.5) is 0 Å². The average Bonchev–Trinajstić information content (AvgIpc) is 2.23. The van der Waals surface area contributed by atoms with Crippen molar-refractivity contribution < 1.29 is 24.6 Å². The van der Waals surface area contributed by atoms with Gasteiger partial charge in [0.15, 0.2) is 0 Å². The molecule has 0 aliphatic carbocycles. The van der Waals surface area contributed by atoms with E-state index < -0.39 is 29.9 Å². The van der Waals surface area contributed by atoms with E-state index in [1.54, 1.807) is 6.92 Å². The SMILES string of the molecule is CCC(CC(=O)O)NC(=O)C(N)CCC(=O)O. The number of rotatable bonds is 8. The van der Waals surface area contributed by atoms with E-state index in [4.69, 9.17) is 15.9 Å². The van der Waals surface area contributed by atoms with Gasteiger partial charge in [-0.15, -0.1) is 0 Å². The molecule has 0 fully saturated rings. The predicted octanol–water partition coefficient (Wildman–Crippen LogP) is -0.452. The van der Waals surface area contributed by atoms with Crippen LogP contribution >= 0.6 is 0 Å². The van der Waals surface area contributed by atoms with Crippen LogP contribution in [0.5, 0.6) is 0 Å². The number of hydrogen-bond donors (Lipinski definition) is 4. The number of nitrogens with two attached hydrogens (primary N) is 1. The van der Waals surface area contributed by atoms with Gasteiger partial charge in [0.05, 0.1) is 12.5 Å².